The molecule has 0 saturated carbocycles. The van der Waals surface area contributed by atoms with Crippen molar-refractivity contribution in [1.82, 2.24) is 4.98 Å². The summed E-state index contributed by atoms with van der Waals surface area (Å²) < 4.78 is 0. The molecule has 1 heterocycles. The van der Waals surface area contributed by atoms with Gasteiger partial charge in [0.05, 0.1) is 16.4 Å². The summed E-state index contributed by atoms with van der Waals surface area (Å²) in [4.78, 5) is 4.03. The first-order chi connectivity index (χ1) is 6.19. The van der Waals surface area contributed by atoms with Gasteiger partial charge in [-0.3, -0.25) is 4.98 Å². The van der Waals surface area contributed by atoms with E-state index in [0.29, 0.717) is 22.0 Å². The van der Waals surface area contributed by atoms with Crippen molar-refractivity contribution in [1.29, 1.82) is 0 Å². The highest BCUT2D eigenvalue weighted by Gasteiger charge is 2.04. The second kappa shape index (κ2) is 4.05. The number of nitrogens with zero attached hydrogens (tertiary/aromatic N) is 2. The minimum atomic E-state index is 0.438. The first-order valence-electron chi connectivity index (χ1n) is 3.66. The fourth-order valence-corrected chi connectivity index (χ4v) is 1.17. The Labute approximate surface area is 81.4 Å². The molecule has 0 aliphatic rings. The molecule has 0 spiro atoms. The zero-order chi connectivity index (χ0) is 9.84. The smallest absolute Gasteiger partial charge is 0.0867 e. The molecule has 0 saturated heterocycles. The number of hydrogen-bond acceptors (Lipinski definition) is 3. The Kier molecular flexibility index (Phi) is 3.03. The van der Waals surface area contributed by atoms with Crippen LogP contribution in [0.5, 0.6) is 0 Å². The Morgan fingerprint density at radius 3 is 2.92 bits per heavy atom. The minimum Gasteiger partial charge on any atom is -0.411 e. The fourth-order valence-electron chi connectivity index (χ4n) is 0.877. The van der Waals surface area contributed by atoms with Crippen LogP contribution in [0, 0.1) is 0 Å². The van der Waals surface area contributed by atoms with Crippen LogP contribution in [-0.4, -0.2) is 15.9 Å². The molecule has 0 aliphatic heterocycles. The Hall–Kier alpha value is -1.35. The summed E-state index contributed by atoms with van der Waals surface area (Å²) in [6.45, 7) is 5.22. The van der Waals surface area contributed by atoms with E-state index in [0.717, 1.165) is 0 Å². The van der Waals surface area contributed by atoms with Gasteiger partial charge in [0.25, 0.3) is 0 Å². The van der Waals surface area contributed by atoms with E-state index in [2.05, 4.69) is 16.7 Å². The van der Waals surface area contributed by atoms with Crippen molar-refractivity contribution < 1.29 is 5.21 Å². The minimum absolute atomic E-state index is 0.438. The highest BCUT2D eigenvalue weighted by atomic mass is 35.5. The molecule has 1 aromatic rings. The number of oxime groups is 1. The lowest BCUT2D eigenvalue weighted by Crippen LogP contribution is -1.97. The van der Waals surface area contributed by atoms with Crippen LogP contribution in [-0.2, 0) is 0 Å². The molecule has 0 unspecified atom stereocenters. The Morgan fingerprint density at radius 2 is 2.46 bits per heavy atom. The third-order valence-electron chi connectivity index (χ3n) is 1.62. The summed E-state index contributed by atoms with van der Waals surface area (Å²) >= 11 is 5.90. The maximum atomic E-state index is 8.52. The SMILES string of the molecule is C=Cc1cc(Cl)c(/C(C)=N\O)cn1. The molecule has 1 N–H and O–H groups in total. The second-order valence-corrected chi connectivity index (χ2v) is 2.89. The Balaban J connectivity index is 3.20. The van der Waals surface area contributed by atoms with Crippen LogP contribution in [0.1, 0.15) is 18.2 Å². The largest absolute Gasteiger partial charge is 0.411 e. The van der Waals surface area contributed by atoms with Crippen molar-refractivity contribution in [3.63, 3.8) is 0 Å². The van der Waals surface area contributed by atoms with Gasteiger partial charge in [-0.25, -0.2) is 0 Å². The van der Waals surface area contributed by atoms with Gasteiger partial charge in [-0.2, -0.15) is 0 Å². The quantitative estimate of drug-likeness (QED) is 0.449. The lowest BCUT2D eigenvalue weighted by molar-refractivity contribution is 0.319. The predicted octanol–water partition coefficient (Wildman–Crippen LogP) is 2.58. The highest BCUT2D eigenvalue weighted by Crippen LogP contribution is 2.17. The molecule has 0 bridgehead atoms. The number of rotatable bonds is 2. The molecule has 0 radical (unpaired) electrons. The molecule has 0 atom stereocenters. The molecule has 4 heteroatoms. The summed E-state index contributed by atoms with van der Waals surface area (Å²) in [5.74, 6) is 0. The van der Waals surface area contributed by atoms with E-state index in [9.17, 15) is 0 Å². The van der Waals surface area contributed by atoms with Crippen molar-refractivity contribution in [2.45, 2.75) is 6.92 Å². The molecule has 68 valence electrons. The first kappa shape index (κ1) is 9.74. The number of pyridine rings is 1. The predicted molar refractivity (Wildman–Crippen MR) is 53.3 cm³/mol. The van der Waals surface area contributed by atoms with Crippen LogP contribution < -0.4 is 0 Å². The highest BCUT2D eigenvalue weighted by molar-refractivity contribution is 6.34. The first-order valence-corrected chi connectivity index (χ1v) is 4.04. The standard InChI is InChI=1S/C9H9ClN2O/c1-3-7-4-9(10)8(5-11-7)6(2)12-13/h3-5,13H,1H2,2H3/b12-6-. The number of halogens is 1. The maximum Gasteiger partial charge on any atom is 0.0867 e. The third kappa shape index (κ3) is 2.06. The van der Waals surface area contributed by atoms with Gasteiger partial charge < -0.3 is 5.21 Å². The molecule has 0 fully saturated rings. The van der Waals surface area contributed by atoms with Gasteiger partial charge in [0, 0.05) is 11.8 Å². The molecule has 0 aromatic carbocycles. The van der Waals surface area contributed by atoms with E-state index in [4.69, 9.17) is 16.8 Å². The normalized spacial score (nSPS) is 11.4. The molecule has 1 aromatic heterocycles. The summed E-state index contributed by atoms with van der Waals surface area (Å²) in [7, 11) is 0. The zero-order valence-corrected chi connectivity index (χ0v) is 7.91. The average molecular weight is 197 g/mol. The van der Waals surface area contributed by atoms with Gasteiger partial charge in [-0.15, -0.1) is 0 Å². The van der Waals surface area contributed by atoms with Crippen LogP contribution >= 0.6 is 11.6 Å². The second-order valence-electron chi connectivity index (χ2n) is 2.48. The van der Waals surface area contributed by atoms with Gasteiger partial charge in [-0.05, 0) is 19.1 Å². The molecule has 13 heavy (non-hydrogen) atoms. The van der Waals surface area contributed by atoms with Crippen molar-refractivity contribution in [3.05, 3.63) is 35.1 Å². The van der Waals surface area contributed by atoms with Crippen molar-refractivity contribution in [2.24, 2.45) is 5.16 Å². The van der Waals surface area contributed by atoms with Crippen molar-refractivity contribution in [3.8, 4) is 0 Å². The maximum absolute atomic E-state index is 8.52. The van der Waals surface area contributed by atoms with E-state index in [1.165, 1.54) is 0 Å². The van der Waals surface area contributed by atoms with Gasteiger partial charge in [-0.1, -0.05) is 23.3 Å². The molecule has 1 rings (SSSR count). The lowest BCUT2D eigenvalue weighted by Gasteiger charge is -2.01. The van der Waals surface area contributed by atoms with Crippen LogP contribution in [0.4, 0.5) is 0 Å². The van der Waals surface area contributed by atoms with Gasteiger partial charge in [0.2, 0.25) is 0 Å². The molecule has 3 nitrogen and oxygen atoms in total. The van der Waals surface area contributed by atoms with E-state index in [1.54, 1.807) is 25.3 Å². The zero-order valence-electron chi connectivity index (χ0n) is 7.16. The van der Waals surface area contributed by atoms with Crippen molar-refractivity contribution >= 4 is 23.4 Å². The number of aromatic nitrogens is 1. The van der Waals surface area contributed by atoms with Crippen LogP contribution in [0.3, 0.4) is 0 Å². The van der Waals surface area contributed by atoms with E-state index in [1.807, 2.05) is 0 Å². The van der Waals surface area contributed by atoms with Gasteiger partial charge in [0.15, 0.2) is 0 Å². The van der Waals surface area contributed by atoms with E-state index >= 15 is 0 Å². The molecule has 0 aliphatic carbocycles. The summed E-state index contributed by atoms with van der Waals surface area (Å²) in [5.41, 5.74) is 1.75. The van der Waals surface area contributed by atoms with Crippen LogP contribution in [0.2, 0.25) is 5.02 Å². The summed E-state index contributed by atoms with van der Waals surface area (Å²) in [6.07, 6.45) is 3.15. The lowest BCUT2D eigenvalue weighted by atomic mass is 10.2. The monoisotopic (exact) mass is 196 g/mol. The Morgan fingerprint density at radius 1 is 1.77 bits per heavy atom. The third-order valence-corrected chi connectivity index (χ3v) is 1.94. The van der Waals surface area contributed by atoms with Crippen LogP contribution in [0.15, 0.2) is 24.0 Å². The molecular formula is C9H9ClN2O. The van der Waals surface area contributed by atoms with E-state index < -0.39 is 0 Å². The molecular weight excluding hydrogens is 188 g/mol. The topological polar surface area (TPSA) is 45.5 Å². The summed E-state index contributed by atoms with van der Waals surface area (Å²) in [5, 5.41) is 12.1. The van der Waals surface area contributed by atoms with E-state index in [-0.39, 0.29) is 0 Å². The summed E-state index contributed by atoms with van der Waals surface area (Å²) in [6, 6.07) is 1.67. The van der Waals surface area contributed by atoms with Crippen molar-refractivity contribution in [2.75, 3.05) is 0 Å². The number of hydrogen-bond donors (Lipinski definition) is 1. The fraction of sp³-hybridized carbons (Fsp3) is 0.111. The van der Waals surface area contributed by atoms with Crippen LogP contribution in [0.25, 0.3) is 6.08 Å². The Bertz CT molecular complexity index is 361. The average Bonchev–Trinajstić information content (AvgIpc) is 2.16. The molecule has 0 amide bonds. The van der Waals surface area contributed by atoms with Gasteiger partial charge in [0.1, 0.15) is 0 Å². The van der Waals surface area contributed by atoms with Gasteiger partial charge >= 0.3 is 0 Å².